The fourth-order valence-corrected chi connectivity index (χ4v) is 5.19. The van der Waals surface area contributed by atoms with Crippen LogP contribution in [0.2, 0.25) is 0 Å². The predicted molar refractivity (Wildman–Crippen MR) is 152 cm³/mol. The van der Waals surface area contributed by atoms with E-state index in [-0.39, 0.29) is 18.3 Å². The highest BCUT2D eigenvalue weighted by atomic mass is 16.5. The molecule has 2 aliphatic rings. The summed E-state index contributed by atoms with van der Waals surface area (Å²) < 4.78 is 25.7. The first-order valence-electron chi connectivity index (χ1n) is 13.7. The quantitative estimate of drug-likeness (QED) is 0.260. The molecule has 1 N–H and O–H groups in total. The van der Waals surface area contributed by atoms with Gasteiger partial charge in [-0.05, 0) is 29.8 Å². The number of aromatic nitrogens is 4. The van der Waals surface area contributed by atoms with Crippen LogP contribution in [0.1, 0.15) is 12.8 Å². The molecular formula is C31H31N5O4. The molecule has 0 amide bonds. The van der Waals surface area contributed by atoms with Crippen LogP contribution in [0.25, 0.3) is 32.9 Å². The first-order chi connectivity index (χ1) is 19.7. The maximum absolute atomic E-state index is 6.07. The van der Waals surface area contributed by atoms with Crippen LogP contribution < -0.4 is 19.5 Å². The summed E-state index contributed by atoms with van der Waals surface area (Å²) in [4.78, 5) is 13.2. The Kier molecular flexibility index (Phi) is 6.67. The van der Waals surface area contributed by atoms with Crippen molar-refractivity contribution in [3.8, 4) is 28.6 Å². The maximum atomic E-state index is 6.07. The lowest BCUT2D eigenvalue weighted by Gasteiger charge is -2.34. The molecule has 40 heavy (non-hydrogen) atoms. The van der Waals surface area contributed by atoms with E-state index in [4.69, 9.17) is 18.9 Å². The zero-order valence-corrected chi connectivity index (χ0v) is 22.3. The monoisotopic (exact) mass is 537 g/mol. The minimum atomic E-state index is 0.118. The van der Waals surface area contributed by atoms with Crippen LogP contribution >= 0.6 is 0 Å². The van der Waals surface area contributed by atoms with Crippen LogP contribution in [0, 0.1) is 0 Å². The van der Waals surface area contributed by atoms with Gasteiger partial charge in [-0.15, -0.1) is 0 Å². The number of nitrogens with zero attached hydrogens (tertiary/aromatic N) is 4. The SMILES string of the molecule is Cn1c2ccncc2c2ccc(-c3ccc(O[C@H]4C[C@H](OCCOc5ccc(OC6CNC6)nc5)C4)nc3)cc21. The van der Waals surface area contributed by atoms with E-state index in [9.17, 15) is 0 Å². The Morgan fingerprint density at radius 3 is 2.33 bits per heavy atom. The van der Waals surface area contributed by atoms with Gasteiger partial charge in [0.15, 0.2) is 0 Å². The third kappa shape index (κ3) is 5.05. The van der Waals surface area contributed by atoms with Gasteiger partial charge in [0.1, 0.15) is 24.6 Å². The number of fused-ring (bicyclic) bond motifs is 3. The molecule has 5 aromatic rings. The zero-order chi connectivity index (χ0) is 26.9. The second kappa shape index (κ2) is 10.7. The van der Waals surface area contributed by atoms with Crippen molar-refractivity contribution in [1.82, 2.24) is 24.8 Å². The molecule has 1 aliphatic heterocycles. The first-order valence-corrected chi connectivity index (χ1v) is 13.7. The number of benzene rings is 1. The highest BCUT2D eigenvalue weighted by Gasteiger charge is 2.32. The number of hydrogen-bond acceptors (Lipinski definition) is 8. The van der Waals surface area contributed by atoms with Gasteiger partial charge >= 0.3 is 0 Å². The molecule has 0 bridgehead atoms. The molecule has 7 rings (SSSR count). The van der Waals surface area contributed by atoms with Gasteiger partial charge in [-0.1, -0.05) is 12.1 Å². The molecule has 1 aliphatic carbocycles. The van der Waals surface area contributed by atoms with Gasteiger partial charge in [-0.2, -0.15) is 0 Å². The third-order valence-corrected chi connectivity index (χ3v) is 7.66. The number of pyridine rings is 3. The number of ether oxygens (including phenoxy) is 4. The minimum absolute atomic E-state index is 0.118. The molecule has 0 unspecified atom stereocenters. The van der Waals surface area contributed by atoms with Crippen LogP contribution in [0.5, 0.6) is 17.5 Å². The second-order valence-electron chi connectivity index (χ2n) is 10.4. The normalized spacial score (nSPS) is 18.8. The largest absolute Gasteiger partial charge is 0.490 e. The summed E-state index contributed by atoms with van der Waals surface area (Å²) in [6.07, 6.45) is 9.53. The summed E-state index contributed by atoms with van der Waals surface area (Å²) in [5.41, 5.74) is 4.53. The van der Waals surface area contributed by atoms with Gasteiger partial charge in [0.25, 0.3) is 0 Å². The molecule has 0 spiro atoms. The third-order valence-electron chi connectivity index (χ3n) is 7.66. The van der Waals surface area contributed by atoms with Gasteiger partial charge in [0.2, 0.25) is 11.8 Å². The van der Waals surface area contributed by atoms with Crippen LogP contribution in [0.3, 0.4) is 0 Å². The number of aryl methyl sites for hydroxylation is 1. The second-order valence-corrected chi connectivity index (χ2v) is 10.4. The molecular weight excluding hydrogens is 506 g/mol. The van der Waals surface area contributed by atoms with Gasteiger partial charge in [-0.3, -0.25) is 4.98 Å². The van der Waals surface area contributed by atoms with Crippen LogP contribution in [0.15, 0.2) is 73.3 Å². The Morgan fingerprint density at radius 2 is 1.57 bits per heavy atom. The molecule has 204 valence electrons. The average molecular weight is 538 g/mol. The molecule has 4 aromatic heterocycles. The fraction of sp³-hybridized carbons (Fsp3) is 0.323. The average Bonchev–Trinajstić information content (AvgIpc) is 3.24. The predicted octanol–water partition coefficient (Wildman–Crippen LogP) is 4.54. The molecule has 9 nitrogen and oxygen atoms in total. The van der Waals surface area contributed by atoms with E-state index < -0.39 is 0 Å². The summed E-state index contributed by atoms with van der Waals surface area (Å²) in [7, 11) is 2.09. The van der Waals surface area contributed by atoms with Crippen molar-refractivity contribution in [2.24, 2.45) is 7.05 Å². The minimum Gasteiger partial charge on any atom is -0.490 e. The van der Waals surface area contributed by atoms with Crippen LogP contribution in [0.4, 0.5) is 0 Å². The topological polar surface area (TPSA) is 92.6 Å². The van der Waals surface area contributed by atoms with Crippen molar-refractivity contribution < 1.29 is 18.9 Å². The van der Waals surface area contributed by atoms with E-state index >= 15 is 0 Å². The fourth-order valence-electron chi connectivity index (χ4n) is 5.19. The van der Waals surface area contributed by atoms with Crippen LogP contribution in [-0.4, -0.2) is 64.1 Å². The van der Waals surface area contributed by atoms with Crippen molar-refractivity contribution >= 4 is 21.8 Å². The van der Waals surface area contributed by atoms with E-state index in [0.29, 0.717) is 30.7 Å². The first kappa shape index (κ1) is 24.8. The Morgan fingerprint density at radius 1 is 0.775 bits per heavy atom. The molecule has 0 atom stereocenters. The van der Waals surface area contributed by atoms with Crippen molar-refractivity contribution in [3.63, 3.8) is 0 Å². The highest BCUT2D eigenvalue weighted by molar-refractivity contribution is 6.08. The number of hydrogen-bond donors (Lipinski definition) is 1. The van der Waals surface area contributed by atoms with Crippen molar-refractivity contribution in [2.45, 2.75) is 31.2 Å². The summed E-state index contributed by atoms with van der Waals surface area (Å²) >= 11 is 0. The van der Waals surface area contributed by atoms with E-state index in [1.807, 2.05) is 36.8 Å². The molecule has 2 fully saturated rings. The maximum Gasteiger partial charge on any atom is 0.213 e. The van der Waals surface area contributed by atoms with Gasteiger partial charge in [0, 0.05) is 85.6 Å². The summed E-state index contributed by atoms with van der Waals surface area (Å²) in [6, 6.07) is 16.3. The van der Waals surface area contributed by atoms with E-state index in [1.165, 1.54) is 21.8 Å². The Labute approximate surface area is 232 Å². The molecule has 9 heteroatoms. The number of rotatable bonds is 10. The molecule has 1 saturated carbocycles. The van der Waals surface area contributed by atoms with E-state index in [2.05, 4.69) is 62.2 Å². The summed E-state index contributed by atoms with van der Waals surface area (Å²) in [5.74, 6) is 1.97. The molecule has 1 aromatic carbocycles. The summed E-state index contributed by atoms with van der Waals surface area (Å²) in [5, 5.41) is 5.54. The summed E-state index contributed by atoms with van der Waals surface area (Å²) in [6.45, 7) is 2.74. The Balaban J connectivity index is 0.859. The Bertz CT molecular complexity index is 1610. The van der Waals surface area contributed by atoms with Gasteiger partial charge in [0.05, 0.1) is 24.4 Å². The molecule has 5 heterocycles. The van der Waals surface area contributed by atoms with Gasteiger partial charge in [-0.25, -0.2) is 9.97 Å². The van der Waals surface area contributed by atoms with E-state index in [0.717, 1.165) is 37.1 Å². The standard InChI is InChI=1S/C31H31N5O4/c1-36-28-8-9-32-19-27(28)26-5-2-20(12-29(26)36)21-3-6-30(34-15-21)39-24-13-23(14-24)38-11-10-37-22-4-7-31(35-18-22)40-25-16-33-17-25/h2-9,12,15,18-19,23-25,33H,10-11,13-14,16-17H2,1H3/t23-,24-. The smallest absolute Gasteiger partial charge is 0.213 e. The molecule has 1 saturated heterocycles. The lowest BCUT2D eigenvalue weighted by molar-refractivity contribution is -0.0680. The lowest BCUT2D eigenvalue weighted by Crippen LogP contribution is -2.50. The molecule has 0 radical (unpaired) electrons. The Hall–Kier alpha value is -4.21. The van der Waals surface area contributed by atoms with Crippen LogP contribution in [-0.2, 0) is 11.8 Å². The van der Waals surface area contributed by atoms with Gasteiger partial charge < -0.3 is 28.8 Å². The van der Waals surface area contributed by atoms with E-state index in [1.54, 1.807) is 6.20 Å². The van der Waals surface area contributed by atoms with Crippen molar-refractivity contribution in [1.29, 1.82) is 0 Å². The van der Waals surface area contributed by atoms with Crippen molar-refractivity contribution in [3.05, 3.63) is 73.3 Å². The zero-order valence-electron chi connectivity index (χ0n) is 22.3. The van der Waals surface area contributed by atoms with Crippen molar-refractivity contribution in [2.75, 3.05) is 26.3 Å². The lowest BCUT2D eigenvalue weighted by atomic mass is 9.92. The highest BCUT2D eigenvalue weighted by Crippen LogP contribution is 2.32. The number of nitrogens with one attached hydrogen (secondary N) is 1.